The van der Waals surface area contributed by atoms with Crippen LogP contribution in [0.4, 0.5) is 5.69 Å². The second-order valence-electron chi connectivity index (χ2n) is 7.71. The Bertz CT molecular complexity index is 1110. The minimum atomic E-state index is -0.419. The van der Waals surface area contributed by atoms with Crippen LogP contribution in [-0.4, -0.2) is 94.3 Å². The van der Waals surface area contributed by atoms with Crippen molar-refractivity contribution in [3.63, 3.8) is 0 Å². The van der Waals surface area contributed by atoms with Gasteiger partial charge in [0.25, 0.3) is 11.8 Å². The predicted octanol–water partition coefficient (Wildman–Crippen LogP) is 0.916. The number of nitrogens with zero attached hydrogens (tertiary/aromatic N) is 2. The molecular weight excluding hydrogens is 516 g/mol. The molecule has 38 heavy (non-hydrogen) atoms. The predicted molar refractivity (Wildman–Crippen MR) is 142 cm³/mol. The number of carbonyl (C=O) groups is 2. The lowest BCUT2D eigenvalue weighted by atomic mass is 10.1. The average Bonchev–Trinajstić information content (AvgIpc) is 3.54. The Morgan fingerprint density at radius 3 is 2.32 bits per heavy atom. The summed E-state index contributed by atoms with van der Waals surface area (Å²) < 4.78 is 28.5. The average molecular weight is 551 g/mol. The number of thiazole rings is 1. The minimum Gasteiger partial charge on any atom is -0.496 e. The first kappa shape index (κ1) is 29.4. The molecule has 2 aromatic heterocycles. The third-order valence-electron chi connectivity index (χ3n) is 4.98. The van der Waals surface area contributed by atoms with Crippen molar-refractivity contribution in [3.8, 4) is 5.75 Å². The van der Waals surface area contributed by atoms with Crippen LogP contribution < -0.4 is 26.6 Å². The molecule has 2 amide bonds. The maximum atomic E-state index is 12.7. The molecule has 3 aromatic rings. The van der Waals surface area contributed by atoms with Crippen LogP contribution >= 0.6 is 11.3 Å². The van der Waals surface area contributed by atoms with Crippen molar-refractivity contribution in [3.05, 3.63) is 47.2 Å². The molecule has 0 spiro atoms. The number of fused-ring (bicyclic) bond motifs is 1. The van der Waals surface area contributed by atoms with Gasteiger partial charge in [-0.3, -0.25) is 19.4 Å². The number of ether oxygens (including phenoxy) is 5. The summed E-state index contributed by atoms with van der Waals surface area (Å²) in [6, 6.07) is 4.80. The standard InChI is InChI=1S/C24H34N6O7S/c1-33-21-3-2-18(27-23(32)20-17-30-6-15-38-24(30)28-20)16-19(21)22(31)29-26-5-8-35-10-12-37-14-13-36-11-9-34-7-4-25/h2-3,6,15-17,26H,4-5,7-14,25H2,1H3,(H,27,32)(H,29,31). The Hall–Kier alpha value is -3.11. The number of hydrogen-bond donors (Lipinski definition) is 4. The second kappa shape index (κ2) is 16.7. The molecule has 0 radical (unpaired) electrons. The molecule has 0 bridgehead atoms. The Kier molecular flexibility index (Phi) is 12.9. The molecule has 0 unspecified atom stereocenters. The first-order chi connectivity index (χ1) is 18.6. The van der Waals surface area contributed by atoms with Crippen LogP contribution in [0.15, 0.2) is 36.0 Å². The van der Waals surface area contributed by atoms with Crippen molar-refractivity contribution in [1.29, 1.82) is 0 Å². The van der Waals surface area contributed by atoms with Gasteiger partial charge in [-0.15, -0.1) is 11.3 Å². The Morgan fingerprint density at radius 1 is 0.974 bits per heavy atom. The SMILES string of the molecule is COc1ccc(NC(=O)c2cn3ccsc3n2)cc1C(=O)NNCCOCCOCCOCCOCCN. The number of benzene rings is 1. The summed E-state index contributed by atoms with van der Waals surface area (Å²) in [6.45, 7) is 4.61. The highest BCUT2D eigenvalue weighted by Gasteiger charge is 2.16. The maximum absolute atomic E-state index is 12.7. The van der Waals surface area contributed by atoms with E-state index in [0.29, 0.717) is 77.4 Å². The van der Waals surface area contributed by atoms with E-state index in [1.54, 1.807) is 22.7 Å². The summed E-state index contributed by atoms with van der Waals surface area (Å²) in [7, 11) is 1.47. The van der Waals surface area contributed by atoms with Crippen molar-refractivity contribution >= 4 is 33.8 Å². The van der Waals surface area contributed by atoms with Gasteiger partial charge in [0, 0.05) is 36.6 Å². The third-order valence-corrected chi connectivity index (χ3v) is 5.75. The molecule has 0 aliphatic carbocycles. The van der Waals surface area contributed by atoms with Gasteiger partial charge in [-0.1, -0.05) is 0 Å². The van der Waals surface area contributed by atoms with Gasteiger partial charge in [-0.05, 0) is 18.2 Å². The number of rotatable bonds is 19. The monoisotopic (exact) mass is 550 g/mol. The highest BCUT2D eigenvalue weighted by molar-refractivity contribution is 7.15. The zero-order chi connectivity index (χ0) is 27.0. The number of imidazole rings is 1. The van der Waals surface area contributed by atoms with Crippen molar-refractivity contribution < 1.29 is 33.3 Å². The largest absolute Gasteiger partial charge is 0.496 e. The summed E-state index contributed by atoms with van der Waals surface area (Å²) in [5.41, 5.74) is 11.7. The Morgan fingerprint density at radius 2 is 1.66 bits per heavy atom. The topological polar surface area (TPSA) is 160 Å². The third kappa shape index (κ3) is 9.64. The van der Waals surface area contributed by atoms with Gasteiger partial charge in [-0.2, -0.15) is 0 Å². The number of nitrogens with one attached hydrogen (secondary N) is 3. The van der Waals surface area contributed by atoms with Gasteiger partial charge in [-0.25, -0.2) is 10.4 Å². The van der Waals surface area contributed by atoms with E-state index in [2.05, 4.69) is 21.2 Å². The van der Waals surface area contributed by atoms with E-state index < -0.39 is 5.91 Å². The van der Waals surface area contributed by atoms with Crippen LogP contribution in [0.3, 0.4) is 0 Å². The Balaban J connectivity index is 1.30. The van der Waals surface area contributed by atoms with Gasteiger partial charge in [0.05, 0.1) is 65.5 Å². The fourth-order valence-electron chi connectivity index (χ4n) is 3.17. The van der Waals surface area contributed by atoms with Gasteiger partial charge in [0.15, 0.2) is 4.96 Å². The van der Waals surface area contributed by atoms with Gasteiger partial charge in [0.2, 0.25) is 0 Å². The lowest BCUT2D eigenvalue weighted by molar-refractivity contribution is -0.000790. The number of amides is 2. The fraction of sp³-hybridized carbons (Fsp3) is 0.458. The number of aromatic nitrogens is 2. The van der Waals surface area contributed by atoms with E-state index in [1.807, 2.05) is 11.6 Å². The van der Waals surface area contributed by atoms with Crippen LogP contribution in [0.5, 0.6) is 5.75 Å². The van der Waals surface area contributed by atoms with Gasteiger partial charge >= 0.3 is 0 Å². The van der Waals surface area contributed by atoms with Crippen molar-refractivity contribution in [2.75, 3.05) is 78.4 Å². The molecule has 0 atom stereocenters. The molecule has 14 heteroatoms. The Labute approximate surface area is 224 Å². The lowest BCUT2D eigenvalue weighted by Crippen LogP contribution is -2.39. The molecule has 0 saturated carbocycles. The molecular formula is C24H34N6O7S. The number of nitrogens with two attached hydrogens (primary N) is 1. The number of hydrazine groups is 1. The van der Waals surface area contributed by atoms with E-state index in [4.69, 9.17) is 29.4 Å². The molecule has 5 N–H and O–H groups in total. The van der Waals surface area contributed by atoms with Crippen LogP contribution in [0.25, 0.3) is 4.96 Å². The number of hydrogen-bond acceptors (Lipinski definition) is 11. The first-order valence-electron chi connectivity index (χ1n) is 12.1. The quantitative estimate of drug-likeness (QED) is 0.125. The summed E-state index contributed by atoms with van der Waals surface area (Å²) in [5, 5.41) is 4.65. The smallest absolute Gasteiger partial charge is 0.275 e. The summed E-state index contributed by atoms with van der Waals surface area (Å²) >= 11 is 1.43. The van der Waals surface area contributed by atoms with E-state index in [9.17, 15) is 9.59 Å². The molecule has 1 aromatic carbocycles. The van der Waals surface area contributed by atoms with E-state index in [0.717, 1.165) is 4.96 Å². The van der Waals surface area contributed by atoms with Crippen LogP contribution in [0.2, 0.25) is 0 Å². The number of anilines is 1. The molecule has 13 nitrogen and oxygen atoms in total. The van der Waals surface area contributed by atoms with Gasteiger partial charge in [0.1, 0.15) is 11.4 Å². The van der Waals surface area contributed by atoms with Gasteiger partial charge < -0.3 is 34.7 Å². The van der Waals surface area contributed by atoms with Crippen molar-refractivity contribution in [1.82, 2.24) is 20.2 Å². The number of carbonyl (C=O) groups excluding carboxylic acids is 2. The highest BCUT2D eigenvalue weighted by Crippen LogP contribution is 2.23. The minimum absolute atomic E-state index is 0.256. The number of methoxy groups -OCH3 is 1. The van der Waals surface area contributed by atoms with E-state index in [-0.39, 0.29) is 17.2 Å². The summed E-state index contributed by atoms with van der Waals surface area (Å²) in [6.07, 6.45) is 3.47. The molecule has 0 aliphatic heterocycles. The molecule has 2 heterocycles. The molecule has 0 fully saturated rings. The summed E-state index contributed by atoms with van der Waals surface area (Å²) in [4.78, 5) is 30.3. The normalized spacial score (nSPS) is 11.1. The zero-order valence-electron chi connectivity index (χ0n) is 21.3. The molecule has 208 valence electrons. The zero-order valence-corrected chi connectivity index (χ0v) is 22.1. The fourth-order valence-corrected chi connectivity index (χ4v) is 3.87. The molecule has 0 aliphatic rings. The first-order valence-corrected chi connectivity index (χ1v) is 13.0. The lowest BCUT2D eigenvalue weighted by Gasteiger charge is -2.12. The van der Waals surface area contributed by atoms with Crippen molar-refractivity contribution in [2.45, 2.75) is 0 Å². The maximum Gasteiger partial charge on any atom is 0.275 e. The van der Waals surface area contributed by atoms with E-state index in [1.165, 1.54) is 24.5 Å². The highest BCUT2D eigenvalue weighted by atomic mass is 32.1. The summed E-state index contributed by atoms with van der Waals surface area (Å²) in [5.74, 6) is -0.431. The van der Waals surface area contributed by atoms with E-state index >= 15 is 0 Å². The second-order valence-corrected chi connectivity index (χ2v) is 8.58. The molecule has 3 rings (SSSR count). The van der Waals surface area contributed by atoms with Crippen LogP contribution in [0.1, 0.15) is 20.8 Å². The van der Waals surface area contributed by atoms with Crippen LogP contribution in [-0.2, 0) is 18.9 Å². The molecule has 0 saturated heterocycles. The van der Waals surface area contributed by atoms with Crippen LogP contribution in [0, 0.1) is 0 Å². The van der Waals surface area contributed by atoms with Crippen molar-refractivity contribution in [2.24, 2.45) is 5.73 Å².